The highest BCUT2D eigenvalue weighted by Crippen LogP contribution is 2.36. The number of anilines is 1. The van der Waals surface area contributed by atoms with Crippen LogP contribution in [-0.4, -0.2) is 4.98 Å². The molecule has 0 saturated heterocycles. The van der Waals surface area contributed by atoms with Crippen LogP contribution in [0.15, 0.2) is 32.7 Å². The quantitative estimate of drug-likeness (QED) is 0.859. The van der Waals surface area contributed by atoms with Crippen LogP contribution in [0, 0.1) is 0 Å². The van der Waals surface area contributed by atoms with E-state index in [4.69, 9.17) is 5.73 Å². The Balaban J connectivity index is 2.61. The second-order valence-corrected chi connectivity index (χ2v) is 5.25. The van der Waals surface area contributed by atoms with E-state index in [0.29, 0.717) is 5.69 Å². The third-order valence-electron chi connectivity index (χ3n) is 1.76. The first-order valence-corrected chi connectivity index (χ1v) is 6.30. The molecule has 0 saturated carbocycles. The van der Waals surface area contributed by atoms with E-state index in [1.54, 1.807) is 17.5 Å². The number of halogens is 2. The number of thiophene rings is 1. The molecule has 0 aliphatic rings. The molecule has 0 amide bonds. The summed E-state index contributed by atoms with van der Waals surface area (Å²) in [6.45, 7) is 0. The standard InChI is InChI=1S/C9H6Br2N2S/c10-5-4-13-9(7(11)8(5)12)6-2-1-3-14-6/h1-4H,(H2,12,13). The van der Waals surface area contributed by atoms with Crippen molar-refractivity contribution in [3.8, 4) is 10.6 Å². The molecule has 0 unspecified atom stereocenters. The molecule has 2 aromatic rings. The number of nitrogens with two attached hydrogens (primary N) is 1. The summed E-state index contributed by atoms with van der Waals surface area (Å²) in [5.74, 6) is 0. The van der Waals surface area contributed by atoms with Crippen LogP contribution in [0.25, 0.3) is 10.6 Å². The summed E-state index contributed by atoms with van der Waals surface area (Å²) < 4.78 is 1.65. The zero-order chi connectivity index (χ0) is 10.1. The molecule has 0 aromatic carbocycles. The van der Waals surface area contributed by atoms with Crippen LogP contribution in [0.4, 0.5) is 5.69 Å². The van der Waals surface area contributed by atoms with Crippen LogP contribution in [0.1, 0.15) is 0 Å². The zero-order valence-corrected chi connectivity index (χ0v) is 11.0. The van der Waals surface area contributed by atoms with Crippen LogP contribution < -0.4 is 5.73 Å². The molecule has 0 radical (unpaired) electrons. The lowest BCUT2D eigenvalue weighted by atomic mass is 10.3. The van der Waals surface area contributed by atoms with Gasteiger partial charge in [-0.3, -0.25) is 4.98 Å². The van der Waals surface area contributed by atoms with E-state index in [0.717, 1.165) is 19.5 Å². The number of hydrogen-bond donors (Lipinski definition) is 1. The van der Waals surface area contributed by atoms with Crippen LogP contribution >= 0.6 is 43.2 Å². The van der Waals surface area contributed by atoms with Gasteiger partial charge in [-0.15, -0.1) is 11.3 Å². The number of nitrogens with zero attached hydrogens (tertiary/aromatic N) is 1. The Bertz CT molecular complexity index is 454. The number of aromatic nitrogens is 1. The van der Waals surface area contributed by atoms with E-state index >= 15 is 0 Å². The summed E-state index contributed by atoms with van der Waals surface area (Å²) in [5.41, 5.74) is 7.43. The fourth-order valence-corrected chi connectivity index (χ4v) is 3.02. The highest BCUT2D eigenvalue weighted by atomic mass is 79.9. The Labute approximate surface area is 102 Å². The predicted octanol–water partition coefficient (Wildman–Crippen LogP) is 3.92. The molecule has 2 nitrogen and oxygen atoms in total. The van der Waals surface area contributed by atoms with Gasteiger partial charge in [0, 0.05) is 6.20 Å². The molecule has 0 fully saturated rings. The maximum Gasteiger partial charge on any atom is 0.0965 e. The van der Waals surface area contributed by atoms with E-state index in [2.05, 4.69) is 36.8 Å². The lowest BCUT2D eigenvalue weighted by Gasteiger charge is -2.05. The molecule has 5 heteroatoms. The van der Waals surface area contributed by atoms with Crippen LogP contribution in [0.5, 0.6) is 0 Å². The topological polar surface area (TPSA) is 38.9 Å². The molecule has 14 heavy (non-hydrogen) atoms. The Morgan fingerprint density at radius 2 is 2.14 bits per heavy atom. The fraction of sp³-hybridized carbons (Fsp3) is 0. The minimum Gasteiger partial charge on any atom is -0.397 e. The monoisotopic (exact) mass is 332 g/mol. The first-order chi connectivity index (χ1) is 6.70. The van der Waals surface area contributed by atoms with Gasteiger partial charge >= 0.3 is 0 Å². The van der Waals surface area contributed by atoms with Gasteiger partial charge in [0.1, 0.15) is 0 Å². The summed E-state index contributed by atoms with van der Waals surface area (Å²) >= 11 is 8.41. The van der Waals surface area contributed by atoms with E-state index in [1.807, 2.05) is 17.5 Å². The predicted molar refractivity (Wildman–Crippen MR) is 67.4 cm³/mol. The molecule has 2 rings (SSSR count). The SMILES string of the molecule is Nc1c(Br)cnc(-c2cccs2)c1Br. The normalized spacial score (nSPS) is 10.4. The van der Waals surface area contributed by atoms with Gasteiger partial charge in [-0.1, -0.05) is 6.07 Å². The summed E-state index contributed by atoms with van der Waals surface area (Å²) in [6, 6.07) is 4.01. The van der Waals surface area contributed by atoms with Crippen molar-refractivity contribution < 1.29 is 0 Å². The van der Waals surface area contributed by atoms with Gasteiger partial charge in [0.15, 0.2) is 0 Å². The average molecular weight is 334 g/mol. The van der Waals surface area contributed by atoms with E-state index in [9.17, 15) is 0 Å². The average Bonchev–Trinajstić information content (AvgIpc) is 2.67. The number of hydrogen-bond acceptors (Lipinski definition) is 3. The minimum absolute atomic E-state index is 0.684. The lowest BCUT2D eigenvalue weighted by molar-refractivity contribution is 1.30. The number of rotatable bonds is 1. The zero-order valence-electron chi connectivity index (χ0n) is 7.00. The van der Waals surface area contributed by atoms with Crippen molar-refractivity contribution in [3.05, 3.63) is 32.7 Å². The second kappa shape index (κ2) is 4.00. The van der Waals surface area contributed by atoms with Crippen molar-refractivity contribution in [3.63, 3.8) is 0 Å². The van der Waals surface area contributed by atoms with E-state index in [-0.39, 0.29) is 0 Å². The summed E-state index contributed by atoms with van der Waals surface area (Å²) in [6.07, 6.45) is 1.72. The molecule has 72 valence electrons. The van der Waals surface area contributed by atoms with Crippen LogP contribution in [0.3, 0.4) is 0 Å². The molecule has 0 aliphatic heterocycles. The summed E-state index contributed by atoms with van der Waals surface area (Å²) in [7, 11) is 0. The maximum absolute atomic E-state index is 5.86. The summed E-state index contributed by atoms with van der Waals surface area (Å²) in [5, 5.41) is 2.02. The summed E-state index contributed by atoms with van der Waals surface area (Å²) in [4.78, 5) is 5.43. The molecule has 0 atom stereocenters. The van der Waals surface area contributed by atoms with Gasteiger partial charge in [0.25, 0.3) is 0 Å². The van der Waals surface area contributed by atoms with Gasteiger partial charge in [-0.2, -0.15) is 0 Å². The molecule has 2 aromatic heterocycles. The Kier molecular flexibility index (Phi) is 2.90. The highest BCUT2D eigenvalue weighted by molar-refractivity contribution is 9.11. The first-order valence-electron chi connectivity index (χ1n) is 3.83. The van der Waals surface area contributed by atoms with E-state index < -0.39 is 0 Å². The molecule has 0 bridgehead atoms. The second-order valence-electron chi connectivity index (χ2n) is 2.66. The van der Waals surface area contributed by atoms with Crippen molar-refractivity contribution in [2.45, 2.75) is 0 Å². The molecule has 2 heterocycles. The van der Waals surface area contributed by atoms with Gasteiger partial charge < -0.3 is 5.73 Å². The van der Waals surface area contributed by atoms with Crippen molar-refractivity contribution in [2.75, 3.05) is 5.73 Å². The Morgan fingerprint density at radius 3 is 2.79 bits per heavy atom. The van der Waals surface area contributed by atoms with Crippen molar-refractivity contribution in [2.24, 2.45) is 0 Å². The van der Waals surface area contributed by atoms with Crippen molar-refractivity contribution in [1.82, 2.24) is 4.98 Å². The third-order valence-corrected chi connectivity index (χ3v) is 4.07. The van der Waals surface area contributed by atoms with Gasteiger partial charge in [0.05, 0.1) is 25.2 Å². The van der Waals surface area contributed by atoms with Gasteiger partial charge in [0.2, 0.25) is 0 Å². The van der Waals surface area contributed by atoms with Gasteiger partial charge in [-0.25, -0.2) is 0 Å². The van der Waals surface area contributed by atoms with E-state index in [1.165, 1.54) is 0 Å². The molecular weight excluding hydrogens is 328 g/mol. The molecule has 0 aliphatic carbocycles. The van der Waals surface area contributed by atoms with Crippen LogP contribution in [0.2, 0.25) is 0 Å². The molecule has 2 N–H and O–H groups in total. The third kappa shape index (κ3) is 1.71. The Morgan fingerprint density at radius 1 is 1.36 bits per heavy atom. The van der Waals surface area contributed by atoms with Crippen molar-refractivity contribution >= 4 is 48.9 Å². The number of pyridine rings is 1. The first kappa shape index (κ1) is 10.1. The van der Waals surface area contributed by atoms with Crippen molar-refractivity contribution in [1.29, 1.82) is 0 Å². The van der Waals surface area contributed by atoms with Crippen LogP contribution in [-0.2, 0) is 0 Å². The number of nitrogen functional groups attached to an aromatic ring is 1. The fourth-order valence-electron chi connectivity index (χ4n) is 1.06. The molecular formula is C9H6Br2N2S. The van der Waals surface area contributed by atoms with Gasteiger partial charge in [-0.05, 0) is 43.3 Å². The smallest absolute Gasteiger partial charge is 0.0965 e. The minimum atomic E-state index is 0.684. The molecule has 0 spiro atoms. The highest BCUT2D eigenvalue weighted by Gasteiger charge is 2.10. The maximum atomic E-state index is 5.86. The lowest BCUT2D eigenvalue weighted by Crippen LogP contribution is -1.92. The largest absolute Gasteiger partial charge is 0.397 e. The Hall–Kier alpha value is -0.390.